The zero-order valence-corrected chi connectivity index (χ0v) is 20.9. The molecule has 3 fully saturated rings. The predicted octanol–water partition coefficient (Wildman–Crippen LogP) is 1.20. The Morgan fingerprint density at radius 3 is 2.86 bits per heavy atom. The van der Waals surface area contributed by atoms with E-state index in [1.165, 1.54) is 0 Å². The smallest absolute Gasteiger partial charge is 0.402 e. The minimum Gasteiger partial charge on any atom is -0.490 e. The first-order valence-corrected chi connectivity index (χ1v) is 12.9. The van der Waals surface area contributed by atoms with Crippen LogP contribution in [0.25, 0.3) is 0 Å². The highest BCUT2D eigenvalue weighted by molar-refractivity contribution is 6.30. The first-order chi connectivity index (χ1) is 17.7. The van der Waals surface area contributed by atoms with Crippen LogP contribution in [-0.4, -0.2) is 103 Å². The standard InChI is InChI=1S/C23H30ClF3N6O4/c24-14-9-18-21(28-10-14)33-6-5-31(12-15(33)2-8-37-18)19(34)3-7-36-13-16-1-4-32(16)17-11-29-30-22(35)20(17)23(25,26)27/h9-10,15-17,20,29H,1-8,11-13H2,(H,30,35)/t15-,16+,17?,20?/m1/s1. The first kappa shape index (κ1) is 26.3. The number of hydrogen-bond donors (Lipinski definition) is 2. The number of fused-ring (bicyclic) bond motifs is 3. The van der Waals surface area contributed by atoms with E-state index in [0.29, 0.717) is 50.0 Å². The van der Waals surface area contributed by atoms with E-state index in [0.717, 1.165) is 12.2 Å². The van der Waals surface area contributed by atoms with Crippen molar-refractivity contribution in [3.63, 3.8) is 0 Å². The van der Waals surface area contributed by atoms with E-state index in [4.69, 9.17) is 21.1 Å². The van der Waals surface area contributed by atoms with E-state index in [9.17, 15) is 22.8 Å². The van der Waals surface area contributed by atoms with Crippen LogP contribution in [0.4, 0.5) is 19.0 Å². The number of alkyl halides is 3. The molecule has 0 bridgehead atoms. The molecule has 1 aromatic heterocycles. The monoisotopic (exact) mass is 546 g/mol. The molecule has 5 rings (SSSR count). The van der Waals surface area contributed by atoms with Crippen molar-refractivity contribution in [3.05, 3.63) is 17.3 Å². The van der Waals surface area contributed by atoms with E-state index < -0.39 is 24.0 Å². The Labute approximate surface area is 217 Å². The minimum absolute atomic E-state index is 0.0100. The number of nitrogens with one attached hydrogen (secondary N) is 2. The third-order valence-corrected chi connectivity index (χ3v) is 7.75. The highest BCUT2D eigenvalue weighted by atomic mass is 35.5. The average molecular weight is 547 g/mol. The van der Waals surface area contributed by atoms with Crippen molar-refractivity contribution in [1.29, 1.82) is 0 Å². The number of rotatable bonds is 6. The van der Waals surface area contributed by atoms with E-state index in [2.05, 4.69) is 20.7 Å². The molecule has 3 saturated heterocycles. The number of anilines is 1. The molecule has 4 aliphatic rings. The fraction of sp³-hybridized carbons (Fsp3) is 0.696. The fourth-order valence-corrected chi connectivity index (χ4v) is 5.70. The van der Waals surface area contributed by atoms with Gasteiger partial charge in [0.25, 0.3) is 0 Å². The van der Waals surface area contributed by atoms with Crippen LogP contribution < -0.4 is 20.5 Å². The number of hydrazine groups is 1. The van der Waals surface area contributed by atoms with E-state index in [1.54, 1.807) is 17.2 Å². The first-order valence-electron chi connectivity index (χ1n) is 12.5. The molecule has 2 amide bonds. The third kappa shape index (κ3) is 5.59. The Balaban J connectivity index is 1.08. The number of nitrogens with zero attached hydrogens (tertiary/aromatic N) is 4. The van der Waals surface area contributed by atoms with E-state index >= 15 is 0 Å². The molecule has 4 aliphatic heterocycles. The maximum atomic E-state index is 13.5. The van der Waals surface area contributed by atoms with Gasteiger partial charge in [-0.05, 0) is 6.42 Å². The van der Waals surface area contributed by atoms with Crippen LogP contribution in [-0.2, 0) is 14.3 Å². The predicted molar refractivity (Wildman–Crippen MR) is 127 cm³/mol. The Morgan fingerprint density at radius 1 is 1.27 bits per heavy atom. The summed E-state index contributed by atoms with van der Waals surface area (Å²) in [6.45, 7) is 3.12. The van der Waals surface area contributed by atoms with Crippen LogP contribution in [0, 0.1) is 5.92 Å². The van der Waals surface area contributed by atoms with Crippen LogP contribution >= 0.6 is 11.6 Å². The molecule has 37 heavy (non-hydrogen) atoms. The number of amides is 2. The number of hydrogen-bond acceptors (Lipinski definition) is 8. The van der Waals surface area contributed by atoms with Crippen LogP contribution in [0.3, 0.4) is 0 Å². The number of carbonyl (C=O) groups is 2. The molecule has 0 radical (unpaired) electrons. The number of carbonyl (C=O) groups excluding carboxylic acids is 2. The van der Waals surface area contributed by atoms with Crippen LogP contribution in [0.15, 0.2) is 12.3 Å². The highest BCUT2D eigenvalue weighted by Crippen LogP contribution is 2.36. The maximum Gasteiger partial charge on any atom is 0.402 e. The topological polar surface area (TPSA) is 99.3 Å². The van der Waals surface area contributed by atoms with Gasteiger partial charge in [-0.2, -0.15) is 13.2 Å². The quantitative estimate of drug-likeness (QED) is 0.514. The lowest BCUT2D eigenvalue weighted by molar-refractivity contribution is -0.208. The van der Waals surface area contributed by atoms with E-state index in [-0.39, 0.29) is 44.2 Å². The van der Waals surface area contributed by atoms with Gasteiger partial charge in [-0.15, -0.1) is 0 Å². The van der Waals surface area contributed by atoms with Crippen molar-refractivity contribution in [2.75, 3.05) is 57.4 Å². The van der Waals surface area contributed by atoms with Gasteiger partial charge in [0.1, 0.15) is 0 Å². The lowest BCUT2D eigenvalue weighted by Crippen LogP contribution is -2.69. The Kier molecular flexibility index (Phi) is 7.66. The van der Waals surface area contributed by atoms with E-state index in [1.807, 2.05) is 4.90 Å². The van der Waals surface area contributed by atoms with Crippen molar-refractivity contribution >= 4 is 29.2 Å². The molecular weight excluding hydrogens is 517 g/mol. The molecule has 4 atom stereocenters. The second-order valence-electron chi connectivity index (χ2n) is 9.76. The van der Waals surface area contributed by atoms with Gasteiger partial charge in [0.05, 0.1) is 37.3 Å². The second kappa shape index (κ2) is 10.8. The van der Waals surface area contributed by atoms with Crippen LogP contribution in [0.1, 0.15) is 19.3 Å². The van der Waals surface area contributed by atoms with Gasteiger partial charge in [-0.25, -0.2) is 10.4 Å². The number of ether oxygens (including phenoxy) is 2. The van der Waals surface area contributed by atoms with Gasteiger partial charge < -0.3 is 19.3 Å². The van der Waals surface area contributed by atoms with Crippen molar-refractivity contribution in [3.8, 4) is 5.75 Å². The van der Waals surface area contributed by atoms with Gasteiger partial charge in [0.15, 0.2) is 17.5 Å². The van der Waals surface area contributed by atoms with Crippen LogP contribution in [0.2, 0.25) is 5.02 Å². The summed E-state index contributed by atoms with van der Waals surface area (Å²) in [6, 6.07) is 0.647. The van der Waals surface area contributed by atoms with Gasteiger partial charge in [0, 0.05) is 63.5 Å². The number of piperazine rings is 1. The van der Waals surface area contributed by atoms with Crippen molar-refractivity contribution < 1.29 is 32.2 Å². The number of pyridine rings is 1. The molecular formula is C23H30ClF3N6O4. The van der Waals surface area contributed by atoms with Gasteiger partial charge in [0.2, 0.25) is 11.8 Å². The largest absolute Gasteiger partial charge is 0.490 e. The summed E-state index contributed by atoms with van der Waals surface area (Å²) < 4.78 is 51.9. The van der Waals surface area contributed by atoms with Gasteiger partial charge in [-0.1, -0.05) is 11.6 Å². The normalized spacial score (nSPS) is 28.4. The summed E-state index contributed by atoms with van der Waals surface area (Å²) in [5, 5.41) is 0.511. The average Bonchev–Trinajstić information content (AvgIpc) is 3.00. The van der Waals surface area contributed by atoms with Gasteiger partial charge >= 0.3 is 6.18 Å². The molecule has 0 aromatic carbocycles. The SMILES string of the molecule is O=C1NNCC(N2CC[C@H]2COCCC(=O)N2CCN3c4ncc(Cl)cc4OCC[C@@H]3C2)C1C(F)(F)F. The molecule has 2 unspecified atom stereocenters. The lowest BCUT2D eigenvalue weighted by atomic mass is 9.89. The summed E-state index contributed by atoms with van der Waals surface area (Å²) in [7, 11) is 0. The molecule has 14 heteroatoms. The van der Waals surface area contributed by atoms with Crippen molar-refractivity contribution in [2.24, 2.45) is 5.92 Å². The lowest BCUT2D eigenvalue weighted by Gasteiger charge is -2.49. The Bertz CT molecular complexity index is 1020. The molecule has 204 valence electrons. The number of halogens is 4. The van der Waals surface area contributed by atoms with Crippen LogP contribution in [0.5, 0.6) is 5.75 Å². The fourth-order valence-electron chi connectivity index (χ4n) is 5.55. The molecule has 0 aliphatic carbocycles. The zero-order chi connectivity index (χ0) is 26.2. The summed E-state index contributed by atoms with van der Waals surface area (Å²) >= 11 is 6.05. The summed E-state index contributed by atoms with van der Waals surface area (Å²) in [5.41, 5.74) is 4.64. The summed E-state index contributed by atoms with van der Waals surface area (Å²) in [5.74, 6) is -1.77. The van der Waals surface area contributed by atoms with Crippen molar-refractivity contribution in [1.82, 2.24) is 25.6 Å². The molecule has 0 spiro atoms. The number of likely N-dealkylation sites (tertiary alicyclic amines) is 1. The third-order valence-electron chi connectivity index (χ3n) is 7.54. The summed E-state index contributed by atoms with van der Waals surface area (Å²) in [6.07, 6.45) is -1.41. The Hall–Kier alpha value is -2.35. The minimum atomic E-state index is -4.62. The summed E-state index contributed by atoms with van der Waals surface area (Å²) in [4.78, 5) is 34.8. The van der Waals surface area contributed by atoms with Gasteiger partial charge in [-0.3, -0.25) is 19.9 Å². The zero-order valence-electron chi connectivity index (χ0n) is 20.2. The Morgan fingerprint density at radius 2 is 2.11 bits per heavy atom. The molecule has 5 heterocycles. The maximum absolute atomic E-state index is 13.5. The molecule has 10 nitrogen and oxygen atoms in total. The number of aromatic nitrogens is 1. The molecule has 2 N–H and O–H groups in total. The van der Waals surface area contributed by atoms with Crippen molar-refractivity contribution in [2.45, 2.75) is 43.6 Å². The second-order valence-corrected chi connectivity index (χ2v) is 10.2. The highest BCUT2D eigenvalue weighted by Gasteiger charge is 2.55. The molecule has 0 saturated carbocycles. The molecule has 1 aromatic rings.